The lowest BCUT2D eigenvalue weighted by Crippen LogP contribution is -2.19. The molecule has 3 aromatic rings. The fourth-order valence-electron chi connectivity index (χ4n) is 2.41. The second-order valence-corrected chi connectivity index (χ2v) is 6.05. The Morgan fingerprint density at radius 2 is 1.91 bits per heavy atom. The first-order valence-corrected chi connectivity index (χ1v) is 8.50. The Bertz CT molecular complexity index is 860. The van der Waals surface area contributed by atoms with Crippen LogP contribution in [0.4, 0.5) is 0 Å². The van der Waals surface area contributed by atoms with Crippen molar-refractivity contribution in [1.29, 1.82) is 0 Å². The molecule has 0 fully saturated rings. The summed E-state index contributed by atoms with van der Waals surface area (Å²) in [6.45, 7) is 4.49. The molecule has 3 rings (SSSR count). The van der Waals surface area contributed by atoms with Gasteiger partial charge in [-0.2, -0.15) is 0 Å². The minimum atomic E-state index is -0.0161. The Morgan fingerprint density at radius 3 is 2.78 bits per heavy atom. The van der Waals surface area contributed by atoms with Gasteiger partial charge in [-0.25, -0.2) is 0 Å². The third-order valence-corrected chi connectivity index (χ3v) is 4.31. The zero-order chi connectivity index (χ0) is 16.1. The zero-order valence-corrected chi connectivity index (χ0v) is 13.8. The van der Waals surface area contributed by atoms with Crippen LogP contribution in [0, 0.1) is 0 Å². The lowest BCUT2D eigenvalue weighted by atomic mass is 10.1. The van der Waals surface area contributed by atoms with Gasteiger partial charge in [-0.15, -0.1) is 0 Å². The molecule has 0 spiro atoms. The van der Waals surface area contributed by atoms with E-state index < -0.39 is 0 Å². The van der Waals surface area contributed by atoms with Gasteiger partial charge in [0, 0.05) is 18.6 Å². The van der Waals surface area contributed by atoms with E-state index in [-0.39, 0.29) is 5.43 Å². The second-order valence-electron chi connectivity index (χ2n) is 5.21. The van der Waals surface area contributed by atoms with Crippen molar-refractivity contribution in [3.63, 3.8) is 0 Å². The molecule has 23 heavy (non-hydrogen) atoms. The second kappa shape index (κ2) is 7.64. The predicted molar refractivity (Wildman–Crippen MR) is 95.0 cm³/mol. The molecule has 1 aromatic heterocycles. The third-order valence-electron chi connectivity index (χ3n) is 3.50. The molecule has 1 heterocycles. The summed E-state index contributed by atoms with van der Waals surface area (Å²) >= 11 is 1.23. The maximum absolute atomic E-state index is 12.7. The molecule has 4 nitrogen and oxygen atoms in total. The number of hydrogen-bond donors (Lipinski definition) is 1. The number of rotatable bonds is 7. The molecule has 1 N–H and O–H groups in total. The lowest BCUT2D eigenvalue weighted by molar-refractivity contribution is 0.367. The summed E-state index contributed by atoms with van der Waals surface area (Å²) < 4.78 is 11.5. The highest BCUT2D eigenvalue weighted by atomic mass is 32.2. The van der Waals surface area contributed by atoms with Crippen LogP contribution < -0.4 is 10.7 Å². The van der Waals surface area contributed by atoms with Crippen LogP contribution >= 0.6 is 12.0 Å². The van der Waals surface area contributed by atoms with E-state index in [9.17, 15) is 4.79 Å². The lowest BCUT2D eigenvalue weighted by Gasteiger charge is -2.07. The van der Waals surface area contributed by atoms with Gasteiger partial charge in [0.15, 0.2) is 0 Å². The fourth-order valence-corrected chi connectivity index (χ4v) is 3.11. The monoisotopic (exact) mass is 329 g/mol. The first-order valence-electron chi connectivity index (χ1n) is 7.76. The molecular formula is C18H19NO3S. The number of para-hydroxylation sites is 1. The van der Waals surface area contributed by atoms with Crippen LogP contribution in [-0.4, -0.2) is 19.7 Å². The molecule has 0 radical (unpaired) electrons. The van der Waals surface area contributed by atoms with Gasteiger partial charge in [0.2, 0.25) is 5.43 Å². The number of nitrogens with one attached hydrogen (secondary N) is 1. The van der Waals surface area contributed by atoms with Gasteiger partial charge in [-0.3, -0.25) is 4.79 Å². The summed E-state index contributed by atoms with van der Waals surface area (Å²) in [5.41, 5.74) is 1.18. The highest BCUT2D eigenvalue weighted by Gasteiger charge is 2.11. The van der Waals surface area contributed by atoms with Gasteiger partial charge < -0.3 is 13.9 Å². The largest absolute Gasteiger partial charge is 0.456 e. The first-order chi connectivity index (χ1) is 11.3. The van der Waals surface area contributed by atoms with E-state index in [0.717, 1.165) is 24.4 Å². The summed E-state index contributed by atoms with van der Waals surface area (Å²) in [6.07, 6.45) is 1.10. The van der Waals surface area contributed by atoms with Crippen LogP contribution in [0.1, 0.15) is 13.3 Å². The maximum atomic E-state index is 12.7. The molecule has 0 amide bonds. The Morgan fingerprint density at radius 1 is 1.09 bits per heavy atom. The molecule has 0 saturated heterocycles. The van der Waals surface area contributed by atoms with Crippen LogP contribution in [0.25, 0.3) is 21.9 Å². The SMILES string of the molecule is CCCNCCOSc1cccc2oc3ccccc3c(=O)c12. The van der Waals surface area contributed by atoms with Crippen molar-refractivity contribution in [2.75, 3.05) is 19.7 Å². The van der Waals surface area contributed by atoms with Crippen LogP contribution in [0.5, 0.6) is 0 Å². The van der Waals surface area contributed by atoms with Gasteiger partial charge in [0.25, 0.3) is 0 Å². The number of benzene rings is 2. The van der Waals surface area contributed by atoms with E-state index in [2.05, 4.69) is 12.2 Å². The van der Waals surface area contributed by atoms with E-state index >= 15 is 0 Å². The third kappa shape index (κ3) is 3.58. The van der Waals surface area contributed by atoms with Crippen LogP contribution in [0.3, 0.4) is 0 Å². The molecular weight excluding hydrogens is 310 g/mol. The van der Waals surface area contributed by atoms with E-state index in [1.54, 1.807) is 6.07 Å². The summed E-state index contributed by atoms with van der Waals surface area (Å²) in [7, 11) is 0. The Balaban J connectivity index is 1.86. The van der Waals surface area contributed by atoms with E-state index in [4.69, 9.17) is 8.60 Å². The zero-order valence-electron chi connectivity index (χ0n) is 13.0. The average molecular weight is 329 g/mol. The van der Waals surface area contributed by atoms with Crippen molar-refractivity contribution >= 4 is 34.0 Å². The standard InChI is InChI=1S/C18H19NO3S/c1-2-10-19-11-12-21-23-16-9-5-8-15-17(16)18(20)13-6-3-4-7-14(13)22-15/h3-9,19H,2,10-12H2,1H3. The van der Waals surface area contributed by atoms with Gasteiger partial charge in [-0.1, -0.05) is 25.1 Å². The van der Waals surface area contributed by atoms with Crippen molar-refractivity contribution in [3.8, 4) is 0 Å². The van der Waals surface area contributed by atoms with E-state index in [1.165, 1.54) is 12.0 Å². The molecule has 0 unspecified atom stereocenters. The van der Waals surface area contributed by atoms with Gasteiger partial charge in [0.05, 0.1) is 22.3 Å². The smallest absolute Gasteiger partial charge is 0.201 e. The van der Waals surface area contributed by atoms with Crippen LogP contribution in [0.15, 0.2) is 56.6 Å². The van der Waals surface area contributed by atoms with Crippen LogP contribution in [0.2, 0.25) is 0 Å². The quantitative estimate of drug-likeness (QED) is 0.404. The minimum absolute atomic E-state index is 0.0161. The topological polar surface area (TPSA) is 51.5 Å². The predicted octanol–water partition coefficient (Wildman–Crippen LogP) is 3.97. The molecule has 120 valence electrons. The average Bonchev–Trinajstić information content (AvgIpc) is 2.58. The maximum Gasteiger partial charge on any atom is 0.201 e. The van der Waals surface area contributed by atoms with Crippen molar-refractivity contribution in [3.05, 3.63) is 52.7 Å². The Kier molecular flexibility index (Phi) is 5.33. The first kappa shape index (κ1) is 16.1. The summed E-state index contributed by atoms with van der Waals surface area (Å²) in [4.78, 5) is 13.5. The summed E-state index contributed by atoms with van der Waals surface area (Å²) in [6, 6.07) is 12.9. The van der Waals surface area contributed by atoms with Crippen molar-refractivity contribution in [1.82, 2.24) is 5.32 Å². The van der Waals surface area contributed by atoms with Gasteiger partial charge >= 0.3 is 0 Å². The molecule has 2 aromatic carbocycles. The molecule has 0 atom stereocenters. The Labute approximate surface area is 139 Å². The Hall–Kier alpha value is -1.82. The molecule has 0 aliphatic rings. The normalized spacial score (nSPS) is 11.3. The van der Waals surface area contributed by atoms with Gasteiger partial charge in [-0.05, 0) is 37.2 Å². The highest BCUT2D eigenvalue weighted by molar-refractivity contribution is 7.95. The van der Waals surface area contributed by atoms with Crippen molar-refractivity contribution in [2.45, 2.75) is 18.2 Å². The summed E-state index contributed by atoms with van der Waals surface area (Å²) in [5, 5.41) is 4.45. The minimum Gasteiger partial charge on any atom is -0.456 e. The molecule has 0 aliphatic carbocycles. The number of fused-ring (bicyclic) bond motifs is 2. The van der Waals surface area contributed by atoms with Crippen molar-refractivity contribution in [2.24, 2.45) is 0 Å². The molecule has 5 heteroatoms. The highest BCUT2D eigenvalue weighted by Crippen LogP contribution is 2.28. The molecule has 0 saturated carbocycles. The van der Waals surface area contributed by atoms with E-state index in [1.807, 2.05) is 36.4 Å². The molecule has 0 aliphatic heterocycles. The van der Waals surface area contributed by atoms with Gasteiger partial charge in [0.1, 0.15) is 11.2 Å². The van der Waals surface area contributed by atoms with Crippen LogP contribution in [-0.2, 0) is 4.18 Å². The fraction of sp³-hybridized carbons (Fsp3) is 0.278. The van der Waals surface area contributed by atoms with E-state index in [0.29, 0.717) is 28.5 Å². The number of hydrogen-bond acceptors (Lipinski definition) is 5. The van der Waals surface area contributed by atoms with Crippen molar-refractivity contribution < 1.29 is 8.60 Å². The molecule has 0 bridgehead atoms. The summed E-state index contributed by atoms with van der Waals surface area (Å²) in [5.74, 6) is 0.